The van der Waals surface area contributed by atoms with Gasteiger partial charge in [-0.1, -0.05) is 12.1 Å². The monoisotopic (exact) mass is 235 g/mol. The minimum Gasteiger partial charge on any atom is -0.496 e. The van der Waals surface area contributed by atoms with E-state index < -0.39 is 0 Å². The molecule has 1 aliphatic rings. The smallest absolute Gasteiger partial charge is 0.327 e. The molecule has 4 nitrogen and oxygen atoms in total. The van der Waals surface area contributed by atoms with Crippen LogP contribution in [0.4, 0.5) is 0 Å². The molecule has 1 heterocycles. The zero-order chi connectivity index (χ0) is 12.4. The average molecular weight is 235 g/mol. The van der Waals surface area contributed by atoms with Gasteiger partial charge >= 0.3 is 5.97 Å². The molecule has 0 radical (unpaired) electrons. The molecule has 1 N–H and O–H groups in total. The van der Waals surface area contributed by atoms with Crippen LogP contribution in [0.1, 0.15) is 22.7 Å². The molecule has 4 heteroatoms. The molecule has 0 spiro atoms. The van der Waals surface area contributed by atoms with Crippen LogP contribution in [0.5, 0.6) is 5.75 Å². The molecule has 0 saturated carbocycles. The summed E-state index contributed by atoms with van der Waals surface area (Å²) in [6, 6.07) is 3.57. The molecule has 1 unspecified atom stereocenters. The standard InChI is InChI=1S/C13H17NO3/c1-8-4-5-9-10(12(8)16-2)6-7-14-11(9)13(15)17-3/h4-5,11,14H,6-7H2,1-3H3. The molecule has 92 valence electrons. The van der Waals surface area contributed by atoms with Crippen molar-refractivity contribution in [2.75, 3.05) is 20.8 Å². The van der Waals surface area contributed by atoms with Crippen molar-refractivity contribution < 1.29 is 14.3 Å². The van der Waals surface area contributed by atoms with Crippen LogP contribution in [0, 0.1) is 6.92 Å². The van der Waals surface area contributed by atoms with E-state index in [4.69, 9.17) is 9.47 Å². The SMILES string of the molecule is COC(=O)C1NCCc2c1ccc(C)c2OC. The van der Waals surface area contributed by atoms with Crippen LogP contribution >= 0.6 is 0 Å². The first-order chi connectivity index (χ1) is 8.19. The van der Waals surface area contributed by atoms with E-state index in [9.17, 15) is 4.79 Å². The lowest BCUT2D eigenvalue weighted by atomic mass is 9.91. The van der Waals surface area contributed by atoms with Gasteiger partial charge in [0.1, 0.15) is 11.8 Å². The first kappa shape index (κ1) is 11.9. The van der Waals surface area contributed by atoms with E-state index in [1.54, 1.807) is 7.11 Å². The maximum absolute atomic E-state index is 11.7. The maximum atomic E-state index is 11.7. The Hall–Kier alpha value is -1.55. The van der Waals surface area contributed by atoms with E-state index in [0.717, 1.165) is 35.4 Å². The summed E-state index contributed by atoms with van der Waals surface area (Å²) >= 11 is 0. The Morgan fingerprint density at radius 1 is 1.41 bits per heavy atom. The van der Waals surface area contributed by atoms with Crippen molar-refractivity contribution in [3.05, 3.63) is 28.8 Å². The Morgan fingerprint density at radius 3 is 2.82 bits per heavy atom. The average Bonchev–Trinajstić information content (AvgIpc) is 2.37. The topological polar surface area (TPSA) is 47.6 Å². The second-order valence-corrected chi connectivity index (χ2v) is 4.14. The molecular formula is C13H17NO3. The van der Waals surface area contributed by atoms with Crippen LogP contribution in [-0.2, 0) is 16.0 Å². The van der Waals surface area contributed by atoms with Gasteiger partial charge in [-0.2, -0.15) is 0 Å². The zero-order valence-electron chi connectivity index (χ0n) is 10.4. The fourth-order valence-electron chi connectivity index (χ4n) is 2.35. The first-order valence-electron chi connectivity index (χ1n) is 5.66. The summed E-state index contributed by atoms with van der Waals surface area (Å²) in [7, 11) is 3.07. The minimum atomic E-state index is -0.377. The van der Waals surface area contributed by atoms with Crippen LogP contribution in [0.15, 0.2) is 12.1 Å². The number of fused-ring (bicyclic) bond motifs is 1. The summed E-state index contributed by atoms with van der Waals surface area (Å²) in [6.07, 6.45) is 0.869. The number of hydrogen-bond acceptors (Lipinski definition) is 4. The molecule has 0 fully saturated rings. The van der Waals surface area contributed by atoms with Gasteiger partial charge in [0, 0.05) is 12.1 Å². The predicted octanol–water partition coefficient (Wildman–Crippen LogP) is 1.36. The third-order valence-corrected chi connectivity index (χ3v) is 3.17. The van der Waals surface area contributed by atoms with Crippen molar-refractivity contribution in [3.63, 3.8) is 0 Å². The van der Waals surface area contributed by atoms with E-state index in [1.807, 2.05) is 19.1 Å². The number of benzene rings is 1. The third kappa shape index (κ3) is 2.00. The quantitative estimate of drug-likeness (QED) is 0.786. The van der Waals surface area contributed by atoms with Crippen LogP contribution in [0.25, 0.3) is 0 Å². The summed E-state index contributed by atoms with van der Waals surface area (Å²) in [4.78, 5) is 11.7. The second kappa shape index (κ2) is 4.75. The van der Waals surface area contributed by atoms with E-state index in [2.05, 4.69) is 5.32 Å². The highest BCUT2D eigenvalue weighted by Crippen LogP contribution is 2.33. The molecule has 17 heavy (non-hydrogen) atoms. The number of methoxy groups -OCH3 is 2. The lowest BCUT2D eigenvalue weighted by Gasteiger charge is -2.27. The lowest BCUT2D eigenvalue weighted by molar-refractivity contribution is -0.143. The van der Waals surface area contributed by atoms with Crippen LogP contribution in [0.2, 0.25) is 0 Å². The number of hydrogen-bond donors (Lipinski definition) is 1. The van der Waals surface area contributed by atoms with Crippen LogP contribution in [-0.4, -0.2) is 26.7 Å². The number of carbonyl (C=O) groups is 1. The van der Waals surface area contributed by atoms with Crippen molar-refractivity contribution in [2.45, 2.75) is 19.4 Å². The minimum absolute atomic E-state index is 0.253. The van der Waals surface area contributed by atoms with Crippen molar-refractivity contribution in [3.8, 4) is 5.75 Å². The van der Waals surface area contributed by atoms with Gasteiger partial charge < -0.3 is 14.8 Å². The van der Waals surface area contributed by atoms with Gasteiger partial charge in [0.2, 0.25) is 0 Å². The molecule has 0 amide bonds. The van der Waals surface area contributed by atoms with E-state index >= 15 is 0 Å². The highest BCUT2D eigenvalue weighted by Gasteiger charge is 2.29. The van der Waals surface area contributed by atoms with Gasteiger partial charge in [0.05, 0.1) is 14.2 Å². The van der Waals surface area contributed by atoms with Crippen LogP contribution < -0.4 is 10.1 Å². The molecule has 2 rings (SSSR count). The normalized spacial score (nSPS) is 18.4. The molecule has 1 aliphatic heterocycles. The van der Waals surface area contributed by atoms with E-state index in [0.29, 0.717) is 0 Å². The number of carbonyl (C=O) groups excluding carboxylic acids is 1. The molecule has 1 aromatic rings. The molecule has 0 bridgehead atoms. The fourth-order valence-corrected chi connectivity index (χ4v) is 2.35. The lowest BCUT2D eigenvalue weighted by Crippen LogP contribution is -2.36. The number of rotatable bonds is 2. The van der Waals surface area contributed by atoms with Gasteiger partial charge in [-0.15, -0.1) is 0 Å². The van der Waals surface area contributed by atoms with E-state index in [1.165, 1.54) is 7.11 Å². The van der Waals surface area contributed by atoms with Gasteiger partial charge in [0.25, 0.3) is 0 Å². The largest absolute Gasteiger partial charge is 0.496 e. The third-order valence-electron chi connectivity index (χ3n) is 3.17. The summed E-state index contributed by atoms with van der Waals surface area (Å²) in [6.45, 7) is 2.76. The second-order valence-electron chi connectivity index (χ2n) is 4.14. The molecule has 0 aromatic heterocycles. The predicted molar refractivity (Wildman–Crippen MR) is 64.2 cm³/mol. The number of esters is 1. The summed E-state index contributed by atoms with van der Waals surface area (Å²) in [5.74, 6) is 0.634. The summed E-state index contributed by atoms with van der Waals surface area (Å²) in [5, 5.41) is 3.17. The zero-order valence-corrected chi connectivity index (χ0v) is 10.4. The van der Waals surface area contributed by atoms with E-state index in [-0.39, 0.29) is 12.0 Å². The van der Waals surface area contributed by atoms with Gasteiger partial charge in [0.15, 0.2) is 0 Å². The van der Waals surface area contributed by atoms with Gasteiger partial charge in [-0.3, -0.25) is 0 Å². The van der Waals surface area contributed by atoms with Gasteiger partial charge in [-0.05, 0) is 24.5 Å². The Morgan fingerprint density at radius 2 is 2.18 bits per heavy atom. The Labute approximate surface area is 101 Å². The Kier molecular flexibility index (Phi) is 3.33. The highest BCUT2D eigenvalue weighted by atomic mass is 16.5. The number of aryl methyl sites for hydroxylation is 1. The summed E-state index contributed by atoms with van der Waals surface area (Å²) in [5.41, 5.74) is 3.17. The van der Waals surface area contributed by atoms with Crippen molar-refractivity contribution in [2.24, 2.45) is 0 Å². The molecule has 0 aliphatic carbocycles. The van der Waals surface area contributed by atoms with Crippen molar-refractivity contribution in [1.82, 2.24) is 5.32 Å². The molecule has 1 aromatic carbocycles. The molecular weight excluding hydrogens is 218 g/mol. The van der Waals surface area contributed by atoms with Gasteiger partial charge in [-0.25, -0.2) is 4.79 Å². The Bertz CT molecular complexity index is 443. The molecule has 0 saturated heterocycles. The maximum Gasteiger partial charge on any atom is 0.327 e. The first-order valence-corrected chi connectivity index (χ1v) is 5.66. The van der Waals surface area contributed by atoms with Crippen LogP contribution in [0.3, 0.4) is 0 Å². The molecule has 1 atom stereocenters. The highest BCUT2D eigenvalue weighted by molar-refractivity contribution is 5.79. The number of ether oxygens (including phenoxy) is 2. The summed E-state index contributed by atoms with van der Waals surface area (Å²) < 4.78 is 10.2. The van der Waals surface area contributed by atoms with Crippen molar-refractivity contribution >= 4 is 5.97 Å². The number of nitrogens with one attached hydrogen (secondary N) is 1. The van der Waals surface area contributed by atoms with Crippen molar-refractivity contribution in [1.29, 1.82) is 0 Å². The fraction of sp³-hybridized carbons (Fsp3) is 0.462. The Balaban J connectivity index is 2.49.